The monoisotopic (exact) mass is 364 g/mol. The molecule has 0 aromatic carbocycles. The van der Waals surface area contributed by atoms with E-state index in [2.05, 4.69) is 25.3 Å². The van der Waals surface area contributed by atoms with Crippen molar-refractivity contribution in [2.75, 3.05) is 11.9 Å². The molecule has 3 rings (SSSR count). The Bertz CT molecular complexity index is 923. The molecule has 0 spiro atoms. The van der Waals surface area contributed by atoms with Crippen LogP contribution in [0.3, 0.4) is 0 Å². The molecular formula is C16H15F3N6O. The molecule has 0 bridgehead atoms. The summed E-state index contributed by atoms with van der Waals surface area (Å²) in [6.07, 6.45) is 0.409. The number of halogens is 3. The summed E-state index contributed by atoms with van der Waals surface area (Å²) in [5, 5.41) is 5.44. The Balaban J connectivity index is 1.75. The summed E-state index contributed by atoms with van der Waals surface area (Å²) in [5.74, 6) is -0.0468. The summed E-state index contributed by atoms with van der Waals surface area (Å²) in [6, 6.07) is 4.24. The molecule has 136 valence electrons. The van der Waals surface area contributed by atoms with Crippen molar-refractivity contribution in [2.45, 2.75) is 19.1 Å². The molecule has 0 fully saturated rings. The molecule has 0 aliphatic carbocycles. The quantitative estimate of drug-likeness (QED) is 0.647. The van der Waals surface area contributed by atoms with Crippen molar-refractivity contribution < 1.29 is 18.0 Å². The maximum atomic E-state index is 12.2. The van der Waals surface area contributed by atoms with Gasteiger partial charge in [-0.3, -0.25) is 4.79 Å². The Morgan fingerprint density at radius 2 is 2.00 bits per heavy atom. The van der Waals surface area contributed by atoms with Gasteiger partial charge >= 0.3 is 6.18 Å². The number of alkyl halides is 3. The first-order valence-electron chi connectivity index (χ1n) is 7.70. The summed E-state index contributed by atoms with van der Waals surface area (Å²) in [4.78, 5) is 27.5. The molecule has 0 unspecified atom stereocenters. The number of nitrogens with one attached hydrogen (secondary N) is 3. The van der Waals surface area contributed by atoms with Crippen LogP contribution in [0.15, 0.2) is 36.8 Å². The molecular weight excluding hydrogens is 349 g/mol. The largest absolute Gasteiger partial charge is 0.405 e. The number of hydrogen-bond acceptors (Lipinski definition) is 5. The highest BCUT2D eigenvalue weighted by molar-refractivity contribution is 5.91. The normalized spacial score (nSPS) is 12.8. The van der Waals surface area contributed by atoms with Crippen molar-refractivity contribution in [3.63, 3.8) is 0 Å². The Kier molecular flexibility index (Phi) is 4.74. The Morgan fingerprint density at radius 3 is 2.77 bits per heavy atom. The zero-order valence-electron chi connectivity index (χ0n) is 13.6. The third-order valence-corrected chi connectivity index (χ3v) is 3.58. The fourth-order valence-electron chi connectivity index (χ4n) is 2.35. The number of rotatable bonds is 5. The van der Waals surface area contributed by atoms with Crippen LogP contribution >= 0.6 is 0 Å². The highest BCUT2D eigenvalue weighted by Crippen LogP contribution is 2.24. The van der Waals surface area contributed by atoms with E-state index in [1.807, 2.05) is 11.4 Å². The second-order valence-corrected chi connectivity index (χ2v) is 5.56. The van der Waals surface area contributed by atoms with E-state index in [4.69, 9.17) is 0 Å². The minimum atomic E-state index is -4.46. The SMILES string of the molecule is C[C@H](Nc1ccnc(-c2ccnc3[nH]ccc23)n1)C(=O)NCC(F)(F)F. The van der Waals surface area contributed by atoms with Crippen molar-refractivity contribution in [1.82, 2.24) is 25.3 Å². The summed E-state index contributed by atoms with van der Waals surface area (Å²) in [7, 11) is 0. The molecule has 3 aromatic heterocycles. The number of aromatic nitrogens is 4. The molecule has 1 atom stereocenters. The summed E-state index contributed by atoms with van der Waals surface area (Å²) in [6.45, 7) is 0.0691. The fraction of sp³-hybridized carbons (Fsp3) is 0.250. The fourth-order valence-corrected chi connectivity index (χ4v) is 2.35. The molecule has 3 N–H and O–H groups in total. The zero-order valence-corrected chi connectivity index (χ0v) is 13.6. The number of aromatic amines is 1. The van der Waals surface area contributed by atoms with Crippen molar-refractivity contribution in [2.24, 2.45) is 0 Å². The molecule has 7 nitrogen and oxygen atoms in total. The van der Waals surface area contributed by atoms with E-state index < -0.39 is 24.7 Å². The first kappa shape index (κ1) is 17.6. The number of hydrogen-bond donors (Lipinski definition) is 3. The molecule has 1 amide bonds. The Labute approximate surface area is 146 Å². The smallest absolute Gasteiger partial charge is 0.359 e. The van der Waals surface area contributed by atoms with Crippen LogP contribution in [-0.2, 0) is 4.79 Å². The molecule has 0 aliphatic rings. The number of H-pyrrole nitrogens is 1. The molecule has 0 saturated heterocycles. The summed E-state index contributed by atoms with van der Waals surface area (Å²) >= 11 is 0. The van der Waals surface area contributed by atoms with Gasteiger partial charge < -0.3 is 15.6 Å². The molecule has 0 saturated carbocycles. The third kappa shape index (κ3) is 4.08. The van der Waals surface area contributed by atoms with E-state index in [1.54, 1.807) is 18.5 Å². The first-order valence-corrected chi connectivity index (χ1v) is 7.70. The van der Waals surface area contributed by atoms with Gasteiger partial charge in [-0.15, -0.1) is 0 Å². The zero-order chi connectivity index (χ0) is 18.7. The van der Waals surface area contributed by atoms with Gasteiger partial charge in [-0.05, 0) is 25.1 Å². The van der Waals surface area contributed by atoms with Gasteiger partial charge in [0.1, 0.15) is 24.1 Å². The van der Waals surface area contributed by atoms with E-state index in [0.717, 1.165) is 10.9 Å². The van der Waals surface area contributed by atoms with Gasteiger partial charge in [-0.25, -0.2) is 15.0 Å². The predicted molar refractivity (Wildman–Crippen MR) is 89.3 cm³/mol. The van der Waals surface area contributed by atoms with Gasteiger partial charge in [-0.2, -0.15) is 13.2 Å². The first-order chi connectivity index (χ1) is 12.3. The lowest BCUT2D eigenvalue weighted by molar-refractivity contribution is -0.138. The molecule has 0 radical (unpaired) electrons. The van der Waals surface area contributed by atoms with Crippen LogP contribution in [0.5, 0.6) is 0 Å². The number of pyridine rings is 1. The molecule has 3 heterocycles. The number of amides is 1. The van der Waals surface area contributed by atoms with Crippen LogP contribution in [0.2, 0.25) is 0 Å². The maximum absolute atomic E-state index is 12.2. The van der Waals surface area contributed by atoms with Gasteiger partial charge in [0.2, 0.25) is 5.91 Å². The second kappa shape index (κ2) is 6.98. The van der Waals surface area contributed by atoms with Crippen molar-refractivity contribution >= 4 is 22.8 Å². The Hall–Kier alpha value is -3.17. The average Bonchev–Trinajstić information content (AvgIpc) is 3.07. The number of fused-ring (bicyclic) bond motifs is 1. The highest BCUT2D eigenvalue weighted by Gasteiger charge is 2.28. The minimum absolute atomic E-state index is 0.324. The van der Waals surface area contributed by atoms with Crippen LogP contribution < -0.4 is 10.6 Å². The van der Waals surface area contributed by atoms with E-state index >= 15 is 0 Å². The van der Waals surface area contributed by atoms with Crippen LogP contribution in [0.4, 0.5) is 19.0 Å². The number of anilines is 1. The summed E-state index contributed by atoms with van der Waals surface area (Å²) in [5.41, 5.74) is 1.43. The Morgan fingerprint density at radius 1 is 1.23 bits per heavy atom. The molecule has 26 heavy (non-hydrogen) atoms. The maximum Gasteiger partial charge on any atom is 0.405 e. The molecule has 0 aliphatic heterocycles. The van der Waals surface area contributed by atoms with Gasteiger partial charge in [0.25, 0.3) is 0 Å². The van der Waals surface area contributed by atoms with Crippen LogP contribution in [0.25, 0.3) is 22.4 Å². The average molecular weight is 364 g/mol. The number of carbonyl (C=O) groups is 1. The van der Waals surface area contributed by atoms with Crippen molar-refractivity contribution in [3.8, 4) is 11.4 Å². The lowest BCUT2D eigenvalue weighted by Crippen LogP contribution is -2.42. The van der Waals surface area contributed by atoms with E-state index in [1.165, 1.54) is 19.2 Å². The highest BCUT2D eigenvalue weighted by atomic mass is 19.4. The van der Waals surface area contributed by atoms with E-state index in [0.29, 0.717) is 17.3 Å². The van der Waals surface area contributed by atoms with Crippen molar-refractivity contribution in [1.29, 1.82) is 0 Å². The van der Waals surface area contributed by atoms with Gasteiger partial charge in [0.15, 0.2) is 5.82 Å². The second-order valence-electron chi connectivity index (χ2n) is 5.56. The summed E-state index contributed by atoms with van der Waals surface area (Å²) < 4.78 is 36.6. The van der Waals surface area contributed by atoms with E-state index in [9.17, 15) is 18.0 Å². The molecule has 3 aromatic rings. The van der Waals surface area contributed by atoms with Crippen LogP contribution in [0.1, 0.15) is 6.92 Å². The van der Waals surface area contributed by atoms with Crippen molar-refractivity contribution in [3.05, 3.63) is 36.8 Å². The van der Waals surface area contributed by atoms with Crippen LogP contribution in [-0.4, -0.2) is 44.6 Å². The lowest BCUT2D eigenvalue weighted by atomic mass is 10.2. The van der Waals surface area contributed by atoms with Gasteiger partial charge in [0.05, 0.1) is 0 Å². The topological polar surface area (TPSA) is 95.6 Å². The van der Waals surface area contributed by atoms with Crippen LogP contribution in [0, 0.1) is 0 Å². The lowest BCUT2D eigenvalue weighted by Gasteiger charge is -2.16. The van der Waals surface area contributed by atoms with E-state index in [-0.39, 0.29) is 0 Å². The standard InChI is InChI=1S/C16H15F3N6O/c1-9(15(26)23-8-16(17,18)19)24-12-4-7-22-14(25-12)11-3-6-21-13-10(11)2-5-20-13/h2-7,9H,8H2,1H3,(H,20,21)(H,23,26)(H,22,24,25)/t9-/m0/s1. The number of nitrogens with zero attached hydrogens (tertiary/aromatic N) is 3. The minimum Gasteiger partial charge on any atom is -0.359 e. The van der Waals surface area contributed by atoms with Gasteiger partial charge in [-0.1, -0.05) is 0 Å². The number of carbonyl (C=O) groups excluding carboxylic acids is 1. The third-order valence-electron chi connectivity index (χ3n) is 3.58. The van der Waals surface area contributed by atoms with Gasteiger partial charge in [0, 0.05) is 29.5 Å². The predicted octanol–water partition coefficient (Wildman–Crippen LogP) is 2.50. The molecule has 10 heteroatoms.